The van der Waals surface area contributed by atoms with Gasteiger partial charge in [-0.2, -0.15) is 4.98 Å². The topological polar surface area (TPSA) is 73.1 Å². The van der Waals surface area contributed by atoms with E-state index in [-0.39, 0.29) is 0 Å². The molecule has 0 bridgehead atoms. The zero-order valence-corrected chi connectivity index (χ0v) is 10.3. The lowest BCUT2D eigenvalue weighted by molar-refractivity contribution is 0.464. The first-order valence-electron chi connectivity index (χ1n) is 5.88. The van der Waals surface area contributed by atoms with Gasteiger partial charge in [-0.05, 0) is 18.6 Å². The summed E-state index contributed by atoms with van der Waals surface area (Å²) in [6, 6.07) is 9.40. The number of ether oxygens (including phenoxy) is 1. The molecule has 0 spiro atoms. The molecule has 1 aromatic carbocycles. The second-order valence-electron chi connectivity index (χ2n) is 3.78. The number of nitrogens with zero attached hydrogens (tertiary/aromatic N) is 2. The highest BCUT2D eigenvalue weighted by Crippen LogP contribution is 2.28. The van der Waals surface area contributed by atoms with Gasteiger partial charge in [-0.15, -0.1) is 0 Å². The van der Waals surface area contributed by atoms with Crippen molar-refractivity contribution in [3.8, 4) is 11.6 Å². The molecule has 3 N–H and O–H groups in total. The van der Waals surface area contributed by atoms with Crippen molar-refractivity contribution in [3.63, 3.8) is 0 Å². The molecule has 0 fully saturated rings. The number of para-hydroxylation sites is 1. The van der Waals surface area contributed by atoms with Crippen LogP contribution >= 0.6 is 0 Å². The Hall–Kier alpha value is -2.30. The van der Waals surface area contributed by atoms with E-state index in [1.807, 2.05) is 30.3 Å². The van der Waals surface area contributed by atoms with Gasteiger partial charge >= 0.3 is 0 Å². The van der Waals surface area contributed by atoms with Gasteiger partial charge in [0.05, 0.1) is 0 Å². The number of benzene rings is 1. The molecule has 0 radical (unpaired) electrons. The molecule has 0 saturated carbocycles. The van der Waals surface area contributed by atoms with E-state index >= 15 is 0 Å². The van der Waals surface area contributed by atoms with Crippen LogP contribution in [0.4, 0.5) is 11.5 Å². The zero-order chi connectivity index (χ0) is 12.8. The van der Waals surface area contributed by atoms with Crippen LogP contribution in [0.1, 0.15) is 13.3 Å². The summed E-state index contributed by atoms with van der Waals surface area (Å²) in [5.74, 6) is 1.68. The molecule has 2 aromatic rings. The van der Waals surface area contributed by atoms with Gasteiger partial charge in [0.25, 0.3) is 0 Å². The van der Waals surface area contributed by atoms with E-state index in [1.165, 1.54) is 6.33 Å². The van der Waals surface area contributed by atoms with Crippen LogP contribution in [-0.4, -0.2) is 16.5 Å². The van der Waals surface area contributed by atoms with Crippen LogP contribution in [0, 0.1) is 0 Å². The first-order chi connectivity index (χ1) is 8.81. The molecular weight excluding hydrogens is 228 g/mol. The van der Waals surface area contributed by atoms with Gasteiger partial charge in [-0.1, -0.05) is 25.1 Å². The molecule has 2 rings (SSSR count). The fourth-order valence-electron chi connectivity index (χ4n) is 1.45. The average Bonchev–Trinajstić information content (AvgIpc) is 2.41. The third-order valence-corrected chi connectivity index (χ3v) is 2.35. The first kappa shape index (κ1) is 12.2. The maximum absolute atomic E-state index is 5.96. The van der Waals surface area contributed by atoms with E-state index < -0.39 is 0 Å². The molecule has 94 valence electrons. The van der Waals surface area contributed by atoms with E-state index in [4.69, 9.17) is 10.5 Å². The van der Waals surface area contributed by atoms with Gasteiger partial charge in [0.15, 0.2) is 5.82 Å². The van der Waals surface area contributed by atoms with E-state index in [9.17, 15) is 0 Å². The second-order valence-corrected chi connectivity index (χ2v) is 3.78. The Morgan fingerprint density at radius 2 is 2.00 bits per heavy atom. The summed E-state index contributed by atoms with van der Waals surface area (Å²) in [6.07, 6.45) is 2.44. The van der Waals surface area contributed by atoms with Crippen LogP contribution in [0.15, 0.2) is 36.7 Å². The van der Waals surface area contributed by atoms with Gasteiger partial charge in [0, 0.05) is 6.54 Å². The molecule has 0 saturated heterocycles. The predicted molar refractivity (Wildman–Crippen MR) is 71.7 cm³/mol. The molecule has 0 aliphatic carbocycles. The molecule has 0 aliphatic heterocycles. The summed E-state index contributed by atoms with van der Waals surface area (Å²) in [7, 11) is 0. The number of nitrogens with one attached hydrogen (secondary N) is 1. The molecule has 18 heavy (non-hydrogen) atoms. The van der Waals surface area contributed by atoms with E-state index in [0.717, 1.165) is 13.0 Å². The smallest absolute Gasteiger partial charge is 0.248 e. The number of aromatic nitrogens is 2. The Kier molecular flexibility index (Phi) is 3.96. The summed E-state index contributed by atoms with van der Waals surface area (Å²) in [4.78, 5) is 8.13. The summed E-state index contributed by atoms with van der Waals surface area (Å²) in [6.45, 7) is 2.89. The molecule has 0 amide bonds. The van der Waals surface area contributed by atoms with Gasteiger partial charge in [0.1, 0.15) is 17.8 Å². The standard InChI is InChI=1S/C13H16N4O/c1-2-8-15-12-11(14)13(17-9-16-12)18-10-6-4-3-5-7-10/h3-7,9H,2,8,14H2,1H3,(H,15,16,17). The van der Waals surface area contributed by atoms with Gasteiger partial charge < -0.3 is 15.8 Å². The minimum Gasteiger partial charge on any atom is -0.437 e. The van der Waals surface area contributed by atoms with Crippen molar-refractivity contribution >= 4 is 11.5 Å². The van der Waals surface area contributed by atoms with Gasteiger partial charge in [0.2, 0.25) is 5.88 Å². The van der Waals surface area contributed by atoms with Crippen molar-refractivity contribution < 1.29 is 4.74 Å². The Morgan fingerprint density at radius 3 is 2.72 bits per heavy atom. The minimum atomic E-state index is 0.370. The maximum Gasteiger partial charge on any atom is 0.248 e. The monoisotopic (exact) mass is 244 g/mol. The van der Waals surface area contributed by atoms with Crippen molar-refractivity contribution in [2.75, 3.05) is 17.6 Å². The van der Waals surface area contributed by atoms with Crippen molar-refractivity contribution in [2.24, 2.45) is 0 Å². The first-order valence-corrected chi connectivity index (χ1v) is 5.88. The van der Waals surface area contributed by atoms with Crippen LogP contribution in [0.2, 0.25) is 0 Å². The summed E-state index contributed by atoms with van der Waals surface area (Å²) >= 11 is 0. The fraction of sp³-hybridized carbons (Fsp3) is 0.231. The van der Waals surface area contributed by atoms with Crippen molar-refractivity contribution in [1.82, 2.24) is 9.97 Å². The lowest BCUT2D eigenvalue weighted by atomic mass is 10.3. The van der Waals surface area contributed by atoms with Gasteiger partial charge in [-0.25, -0.2) is 4.98 Å². The summed E-state index contributed by atoms with van der Waals surface area (Å²) in [5.41, 5.74) is 6.39. The van der Waals surface area contributed by atoms with Crippen LogP contribution in [-0.2, 0) is 0 Å². The number of rotatable bonds is 5. The normalized spacial score (nSPS) is 10.1. The van der Waals surface area contributed by atoms with Crippen LogP contribution < -0.4 is 15.8 Å². The SMILES string of the molecule is CCCNc1ncnc(Oc2ccccc2)c1N. The quantitative estimate of drug-likeness (QED) is 0.846. The lowest BCUT2D eigenvalue weighted by Crippen LogP contribution is -2.07. The minimum absolute atomic E-state index is 0.370. The predicted octanol–water partition coefficient (Wildman–Crippen LogP) is 2.67. The van der Waals surface area contributed by atoms with Crippen LogP contribution in [0.25, 0.3) is 0 Å². The van der Waals surface area contributed by atoms with Crippen molar-refractivity contribution in [2.45, 2.75) is 13.3 Å². The fourth-order valence-corrected chi connectivity index (χ4v) is 1.45. The Bertz CT molecular complexity index is 502. The zero-order valence-electron chi connectivity index (χ0n) is 10.3. The number of hydrogen-bond acceptors (Lipinski definition) is 5. The van der Waals surface area contributed by atoms with E-state index in [0.29, 0.717) is 23.1 Å². The Balaban J connectivity index is 2.18. The average molecular weight is 244 g/mol. The molecule has 5 nitrogen and oxygen atoms in total. The molecular formula is C13H16N4O. The highest BCUT2D eigenvalue weighted by molar-refractivity contribution is 5.66. The lowest BCUT2D eigenvalue weighted by Gasteiger charge is -2.10. The van der Waals surface area contributed by atoms with Crippen molar-refractivity contribution in [3.05, 3.63) is 36.7 Å². The number of nitrogen functional groups attached to an aromatic ring is 1. The third-order valence-electron chi connectivity index (χ3n) is 2.35. The van der Waals surface area contributed by atoms with Crippen LogP contribution in [0.5, 0.6) is 11.6 Å². The molecule has 1 aromatic heterocycles. The second kappa shape index (κ2) is 5.86. The number of hydrogen-bond donors (Lipinski definition) is 2. The molecule has 5 heteroatoms. The number of anilines is 2. The largest absolute Gasteiger partial charge is 0.437 e. The van der Waals surface area contributed by atoms with Crippen molar-refractivity contribution in [1.29, 1.82) is 0 Å². The molecule has 0 unspecified atom stereocenters. The summed E-state index contributed by atoms with van der Waals surface area (Å²) < 4.78 is 5.61. The maximum atomic E-state index is 5.96. The van der Waals surface area contributed by atoms with E-state index in [1.54, 1.807) is 0 Å². The third kappa shape index (κ3) is 2.88. The highest BCUT2D eigenvalue weighted by Gasteiger charge is 2.09. The molecule has 1 heterocycles. The van der Waals surface area contributed by atoms with E-state index in [2.05, 4.69) is 22.2 Å². The number of nitrogens with two attached hydrogens (primary N) is 1. The van der Waals surface area contributed by atoms with Gasteiger partial charge in [-0.3, -0.25) is 0 Å². The molecule has 0 aliphatic rings. The van der Waals surface area contributed by atoms with Crippen LogP contribution in [0.3, 0.4) is 0 Å². The Morgan fingerprint density at radius 1 is 1.22 bits per heavy atom. The molecule has 0 atom stereocenters. The Labute approximate surface area is 106 Å². The summed E-state index contributed by atoms with van der Waals surface area (Å²) in [5, 5.41) is 3.13. The highest BCUT2D eigenvalue weighted by atomic mass is 16.5.